The molecule has 2 aromatic carbocycles. The maximum atomic E-state index is 11.9. The summed E-state index contributed by atoms with van der Waals surface area (Å²) in [7, 11) is 1.32. The molecule has 0 spiro atoms. The molecule has 0 radical (unpaired) electrons. The van der Waals surface area contributed by atoms with Gasteiger partial charge in [-0.3, -0.25) is 4.79 Å². The summed E-state index contributed by atoms with van der Waals surface area (Å²) < 4.78 is 10.5. The van der Waals surface area contributed by atoms with Gasteiger partial charge in [0, 0.05) is 11.1 Å². The van der Waals surface area contributed by atoms with Gasteiger partial charge < -0.3 is 9.47 Å². The first kappa shape index (κ1) is 14.8. The van der Waals surface area contributed by atoms with Gasteiger partial charge >= 0.3 is 5.97 Å². The molecule has 4 nitrogen and oxygen atoms in total. The summed E-state index contributed by atoms with van der Waals surface area (Å²) in [5.41, 5.74) is 1.30. The molecule has 0 saturated heterocycles. The third-order valence-electron chi connectivity index (χ3n) is 3.03. The van der Waals surface area contributed by atoms with Crippen molar-refractivity contribution in [1.82, 2.24) is 0 Å². The summed E-state index contributed by atoms with van der Waals surface area (Å²) in [5, 5.41) is 0. The van der Waals surface area contributed by atoms with E-state index in [4.69, 9.17) is 9.47 Å². The van der Waals surface area contributed by atoms with Crippen LogP contribution < -0.4 is 4.74 Å². The predicted molar refractivity (Wildman–Crippen MR) is 78.3 cm³/mol. The number of Topliss-reactive ketones (excluding diaryl/α,β-unsaturated/α-hetero) is 1. The molecule has 0 fully saturated rings. The molecule has 0 aliphatic heterocycles. The SMILES string of the molecule is COC(=O)[C@H](Oc1ccc(C(C)=O)cc1)c1ccccc1. The van der Waals surface area contributed by atoms with Gasteiger partial charge in [-0.1, -0.05) is 30.3 Å². The van der Waals surface area contributed by atoms with Gasteiger partial charge in [0.05, 0.1) is 7.11 Å². The van der Waals surface area contributed by atoms with E-state index in [0.717, 1.165) is 0 Å². The van der Waals surface area contributed by atoms with Crippen molar-refractivity contribution < 1.29 is 19.1 Å². The number of esters is 1. The first-order valence-corrected chi connectivity index (χ1v) is 6.52. The van der Waals surface area contributed by atoms with Crippen molar-refractivity contribution in [1.29, 1.82) is 0 Å². The van der Waals surface area contributed by atoms with Crippen LogP contribution >= 0.6 is 0 Å². The van der Waals surface area contributed by atoms with Crippen molar-refractivity contribution in [3.05, 3.63) is 65.7 Å². The second-order valence-corrected chi connectivity index (χ2v) is 4.51. The lowest BCUT2D eigenvalue weighted by atomic mass is 10.1. The largest absolute Gasteiger partial charge is 0.474 e. The van der Waals surface area contributed by atoms with E-state index >= 15 is 0 Å². The Balaban J connectivity index is 2.23. The number of rotatable bonds is 5. The summed E-state index contributed by atoms with van der Waals surface area (Å²) in [5.74, 6) is 0.00484. The van der Waals surface area contributed by atoms with Crippen molar-refractivity contribution in [3.63, 3.8) is 0 Å². The maximum Gasteiger partial charge on any atom is 0.351 e. The van der Waals surface area contributed by atoms with Crippen LogP contribution in [0.15, 0.2) is 54.6 Å². The molecule has 0 aliphatic rings. The molecular weight excluding hydrogens is 268 g/mol. The smallest absolute Gasteiger partial charge is 0.351 e. The molecule has 0 amide bonds. The van der Waals surface area contributed by atoms with Gasteiger partial charge in [-0.25, -0.2) is 4.79 Å². The number of methoxy groups -OCH3 is 1. The average molecular weight is 284 g/mol. The highest BCUT2D eigenvalue weighted by molar-refractivity contribution is 5.94. The number of ether oxygens (including phenoxy) is 2. The van der Waals surface area contributed by atoms with E-state index in [9.17, 15) is 9.59 Å². The van der Waals surface area contributed by atoms with Crippen LogP contribution in [0.2, 0.25) is 0 Å². The minimum absolute atomic E-state index is 0.0193. The number of ketones is 1. The van der Waals surface area contributed by atoms with E-state index in [1.807, 2.05) is 18.2 Å². The quantitative estimate of drug-likeness (QED) is 0.625. The Kier molecular flexibility index (Phi) is 4.72. The molecule has 0 saturated carbocycles. The van der Waals surface area contributed by atoms with Crippen molar-refractivity contribution in [2.24, 2.45) is 0 Å². The molecule has 0 aliphatic carbocycles. The first-order valence-electron chi connectivity index (χ1n) is 6.52. The molecule has 0 unspecified atom stereocenters. The van der Waals surface area contributed by atoms with Gasteiger partial charge in [0.25, 0.3) is 0 Å². The number of carbonyl (C=O) groups is 2. The van der Waals surface area contributed by atoms with E-state index in [-0.39, 0.29) is 5.78 Å². The lowest BCUT2D eigenvalue weighted by Crippen LogP contribution is -2.20. The third kappa shape index (κ3) is 3.69. The van der Waals surface area contributed by atoms with Gasteiger partial charge in [-0.2, -0.15) is 0 Å². The topological polar surface area (TPSA) is 52.6 Å². The summed E-state index contributed by atoms with van der Waals surface area (Å²) in [6.07, 6.45) is -0.834. The minimum atomic E-state index is -0.834. The summed E-state index contributed by atoms with van der Waals surface area (Å²) in [6.45, 7) is 1.50. The van der Waals surface area contributed by atoms with Crippen molar-refractivity contribution in [2.45, 2.75) is 13.0 Å². The number of hydrogen-bond acceptors (Lipinski definition) is 4. The van der Waals surface area contributed by atoms with Gasteiger partial charge in [0.15, 0.2) is 5.78 Å². The molecule has 2 rings (SSSR count). The van der Waals surface area contributed by atoms with Gasteiger partial charge in [0.2, 0.25) is 6.10 Å². The highest BCUT2D eigenvalue weighted by Gasteiger charge is 2.23. The molecule has 4 heteroatoms. The fourth-order valence-corrected chi connectivity index (χ4v) is 1.89. The third-order valence-corrected chi connectivity index (χ3v) is 3.03. The predicted octanol–water partition coefficient (Wildman–Crippen LogP) is 3.18. The molecular formula is C17H16O4. The van der Waals surface area contributed by atoms with Crippen molar-refractivity contribution in [2.75, 3.05) is 7.11 Å². The Labute approximate surface area is 123 Å². The van der Waals surface area contributed by atoms with Crippen LogP contribution in [-0.2, 0) is 9.53 Å². The molecule has 2 aromatic rings. The monoisotopic (exact) mass is 284 g/mol. The van der Waals surface area contributed by atoms with E-state index < -0.39 is 12.1 Å². The van der Waals surface area contributed by atoms with Crippen LogP contribution in [0, 0.1) is 0 Å². The normalized spacial score (nSPS) is 11.5. The fourth-order valence-electron chi connectivity index (χ4n) is 1.89. The zero-order chi connectivity index (χ0) is 15.2. The van der Waals surface area contributed by atoms with Gasteiger partial charge in [0.1, 0.15) is 5.75 Å². The van der Waals surface area contributed by atoms with E-state index in [1.165, 1.54) is 14.0 Å². The standard InChI is InChI=1S/C17H16O4/c1-12(18)13-8-10-15(11-9-13)21-16(17(19)20-2)14-6-4-3-5-7-14/h3-11,16H,1-2H3/t16-/m1/s1. The molecule has 21 heavy (non-hydrogen) atoms. The highest BCUT2D eigenvalue weighted by Crippen LogP contribution is 2.23. The van der Waals surface area contributed by atoms with Crippen LogP contribution in [0.5, 0.6) is 5.75 Å². The van der Waals surface area contributed by atoms with Gasteiger partial charge in [-0.15, -0.1) is 0 Å². The lowest BCUT2D eigenvalue weighted by molar-refractivity contribution is -0.149. The van der Waals surface area contributed by atoms with E-state index in [1.54, 1.807) is 36.4 Å². The van der Waals surface area contributed by atoms with Crippen molar-refractivity contribution in [3.8, 4) is 5.75 Å². The Hall–Kier alpha value is -2.62. The molecule has 1 atom stereocenters. The van der Waals surface area contributed by atoms with Crippen LogP contribution in [0.25, 0.3) is 0 Å². The van der Waals surface area contributed by atoms with E-state index in [2.05, 4.69) is 0 Å². The van der Waals surface area contributed by atoms with Gasteiger partial charge in [-0.05, 0) is 31.2 Å². The Morgan fingerprint density at radius 1 is 0.952 bits per heavy atom. The average Bonchev–Trinajstić information content (AvgIpc) is 2.53. The Bertz CT molecular complexity index is 617. The first-order chi connectivity index (χ1) is 10.1. The number of hydrogen-bond donors (Lipinski definition) is 0. The zero-order valence-electron chi connectivity index (χ0n) is 11.9. The van der Waals surface area contributed by atoms with E-state index in [0.29, 0.717) is 16.9 Å². The maximum absolute atomic E-state index is 11.9. The fraction of sp³-hybridized carbons (Fsp3) is 0.176. The highest BCUT2D eigenvalue weighted by atomic mass is 16.6. The zero-order valence-corrected chi connectivity index (χ0v) is 11.9. The molecule has 108 valence electrons. The second-order valence-electron chi connectivity index (χ2n) is 4.51. The summed E-state index contributed by atoms with van der Waals surface area (Å²) >= 11 is 0. The van der Waals surface area contributed by atoms with Crippen LogP contribution in [0.1, 0.15) is 28.9 Å². The van der Waals surface area contributed by atoms with Crippen molar-refractivity contribution >= 4 is 11.8 Å². The number of carbonyl (C=O) groups excluding carboxylic acids is 2. The minimum Gasteiger partial charge on any atom is -0.474 e. The Morgan fingerprint density at radius 2 is 1.57 bits per heavy atom. The second kappa shape index (κ2) is 6.70. The Morgan fingerprint density at radius 3 is 2.10 bits per heavy atom. The van der Waals surface area contributed by atoms with Crippen LogP contribution in [0.4, 0.5) is 0 Å². The summed E-state index contributed by atoms with van der Waals surface area (Å²) in [4.78, 5) is 23.1. The molecule has 0 heterocycles. The van der Waals surface area contributed by atoms with Crippen LogP contribution in [0.3, 0.4) is 0 Å². The summed E-state index contributed by atoms with van der Waals surface area (Å²) in [6, 6.07) is 15.8. The molecule has 0 N–H and O–H groups in total. The number of benzene rings is 2. The van der Waals surface area contributed by atoms with Crippen LogP contribution in [-0.4, -0.2) is 18.9 Å². The molecule has 0 aromatic heterocycles. The molecule has 0 bridgehead atoms. The lowest BCUT2D eigenvalue weighted by Gasteiger charge is -2.17.